The van der Waals surface area contributed by atoms with Gasteiger partial charge in [0.15, 0.2) is 17.8 Å². The molecule has 0 fully saturated rings. The Balaban J connectivity index is 1.86. The van der Waals surface area contributed by atoms with Gasteiger partial charge >= 0.3 is 0 Å². The molecule has 2 aromatic carbocycles. The summed E-state index contributed by atoms with van der Waals surface area (Å²) in [6.45, 7) is 3.24. The molecule has 0 unspecified atom stereocenters. The molecule has 0 aromatic heterocycles. The molecule has 0 amide bonds. The van der Waals surface area contributed by atoms with E-state index in [1.54, 1.807) is 18.2 Å². The molecule has 4 nitrogen and oxygen atoms in total. The molecule has 0 atom stereocenters. The Morgan fingerprint density at radius 3 is 1.95 bits per heavy atom. The summed E-state index contributed by atoms with van der Waals surface area (Å²) in [5.41, 5.74) is 0.534. The Kier molecular flexibility index (Phi) is 5.64. The highest BCUT2D eigenvalue weighted by Crippen LogP contribution is 2.26. The number of carbonyl (C=O) groups excluding carboxylic acids is 1. The number of rotatable bonds is 8. The summed E-state index contributed by atoms with van der Waals surface area (Å²) < 4.78 is 16.7. The Labute approximate surface area is 124 Å². The van der Waals surface area contributed by atoms with Crippen LogP contribution in [0.15, 0.2) is 48.5 Å². The fourth-order valence-corrected chi connectivity index (χ4v) is 1.86. The third-order valence-electron chi connectivity index (χ3n) is 2.79. The van der Waals surface area contributed by atoms with Crippen molar-refractivity contribution in [1.82, 2.24) is 0 Å². The van der Waals surface area contributed by atoms with Crippen LogP contribution in [0.5, 0.6) is 17.2 Å². The van der Waals surface area contributed by atoms with E-state index in [-0.39, 0.29) is 0 Å². The monoisotopic (exact) mass is 286 g/mol. The van der Waals surface area contributed by atoms with Crippen LogP contribution in [0.25, 0.3) is 0 Å². The highest BCUT2D eigenvalue weighted by molar-refractivity contribution is 5.79. The van der Waals surface area contributed by atoms with Gasteiger partial charge in [-0.05, 0) is 31.2 Å². The van der Waals surface area contributed by atoms with Crippen molar-refractivity contribution in [2.45, 2.75) is 6.92 Å². The van der Waals surface area contributed by atoms with Gasteiger partial charge in [-0.3, -0.25) is 4.79 Å². The number of benzene rings is 2. The fourth-order valence-electron chi connectivity index (χ4n) is 1.86. The van der Waals surface area contributed by atoms with Crippen molar-refractivity contribution in [2.75, 3.05) is 19.8 Å². The standard InChI is InChI=1S/C17H18O4/c1-2-19-16-9-5-6-10-17(16)21-12-11-20-15-8-4-3-7-14(15)13-18/h3-10,13H,2,11-12H2,1H3. The lowest BCUT2D eigenvalue weighted by Gasteiger charge is -2.12. The van der Waals surface area contributed by atoms with E-state index in [1.807, 2.05) is 37.3 Å². The summed E-state index contributed by atoms with van der Waals surface area (Å²) in [4.78, 5) is 10.9. The predicted molar refractivity (Wildman–Crippen MR) is 80.4 cm³/mol. The largest absolute Gasteiger partial charge is 0.490 e. The molecule has 2 rings (SSSR count). The van der Waals surface area contributed by atoms with E-state index in [1.165, 1.54) is 0 Å². The first kappa shape index (κ1) is 14.9. The molecule has 0 aliphatic heterocycles. The van der Waals surface area contributed by atoms with Crippen LogP contribution >= 0.6 is 0 Å². The van der Waals surface area contributed by atoms with E-state index in [0.29, 0.717) is 42.6 Å². The molecule has 2 aromatic rings. The third kappa shape index (κ3) is 4.24. The van der Waals surface area contributed by atoms with Gasteiger partial charge in [-0.2, -0.15) is 0 Å². The smallest absolute Gasteiger partial charge is 0.161 e. The normalized spacial score (nSPS) is 9.95. The summed E-state index contributed by atoms with van der Waals surface area (Å²) in [6, 6.07) is 14.6. The van der Waals surface area contributed by atoms with Gasteiger partial charge in [0.25, 0.3) is 0 Å². The molecule has 0 bridgehead atoms. The SMILES string of the molecule is CCOc1ccccc1OCCOc1ccccc1C=O. The number of para-hydroxylation sites is 3. The molecule has 0 N–H and O–H groups in total. The van der Waals surface area contributed by atoms with E-state index >= 15 is 0 Å². The molecule has 0 aliphatic rings. The van der Waals surface area contributed by atoms with E-state index in [4.69, 9.17) is 14.2 Å². The first-order valence-electron chi connectivity index (χ1n) is 6.86. The maximum Gasteiger partial charge on any atom is 0.161 e. The lowest BCUT2D eigenvalue weighted by molar-refractivity contribution is 0.111. The van der Waals surface area contributed by atoms with Crippen molar-refractivity contribution in [3.05, 3.63) is 54.1 Å². The van der Waals surface area contributed by atoms with Gasteiger partial charge in [0.05, 0.1) is 12.2 Å². The van der Waals surface area contributed by atoms with E-state index in [9.17, 15) is 4.79 Å². The molecule has 0 saturated carbocycles. The molecule has 0 spiro atoms. The Hall–Kier alpha value is -2.49. The molecular formula is C17H18O4. The van der Waals surface area contributed by atoms with Crippen LogP contribution in [0.1, 0.15) is 17.3 Å². The number of hydrogen-bond acceptors (Lipinski definition) is 4. The minimum atomic E-state index is 0.352. The van der Waals surface area contributed by atoms with Gasteiger partial charge in [-0.25, -0.2) is 0 Å². The fraction of sp³-hybridized carbons (Fsp3) is 0.235. The molecule has 4 heteroatoms. The van der Waals surface area contributed by atoms with Gasteiger partial charge in [-0.1, -0.05) is 24.3 Å². The lowest BCUT2D eigenvalue weighted by Crippen LogP contribution is -2.10. The summed E-state index contributed by atoms with van der Waals surface area (Å²) >= 11 is 0. The molecule has 0 saturated heterocycles. The van der Waals surface area contributed by atoms with Crippen molar-refractivity contribution in [3.8, 4) is 17.2 Å². The van der Waals surface area contributed by atoms with Crippen LogP contribution < -0.4 is 14.2 Å². The first-order chi connectivity index (χ1) is 10.3. The Bertz CT molecular complexity index is 581. The Morgan fingerprint density at radius 1 is 0.810 bits per heavy atom. The van der Waals surface area contributed by atoms with Gasteiger partial charge in [0.2, 0.25) is 0 Å². The summed E-state index contributed by atoms with van der Waals surface area (Å²) in [5, 5.41) is 0. The molecule has 0 radical (unpaired) electrons. The predicted octanol–water partition coefficient (Wildman–Crippen LogP) is 3.36. The number of aldehydes is 1. The average Bonchev–Trinajstić information content (AvgIpc) is 2.53. The minimum absolute atomic E-state index is 0.352. The zero-order valence-corrected chi connectivity index (χ0v) is 12.0. The minimum Gasteiger partial charge on any atom is -0.490 e. The number of ether oxygens (including phenoxy) is 3. The highest BCUT2D eigenvalue weighted by Gasteiger charge is 2.04. The van der Waals surface area contributed by atoms with E-state index in [0.717, 1.165) is 6.29 Å². The van der Waals surface area contributed by atoms with Crippen molar-refractivity contribution < 1.29 is 19.0 Å². The topological polar surface area (TPSA) is 44.8 Å². The molecule has 110 valence electrons. The van der Waals surface area contributed by atoms with Crippen molar-refractivity contribution in [1.29, 1.82) is 0 Å². The zero-order valence-electron chi connectivity index (χ0n) is 12.0. The van der Waals surface area contributed by atoms with E-state index in [2.05, 4.69) is 0 Å². The van der Waals surface area contributed by atoms with Gasteiger partial charge in [0, 0.05) is 0 Å². The van der Waals surface area contributed by atoms with Crippen LogP contribution in [0.2, 0.25) is 0 Å². The van der Waals surface area contributed by atoms with Crippen molar-refractivity contribution in [2.24, 2.45) is 0 Å². The molecule has 21 heavy (non-hydrogen) atoms. The lowest BCUT2D eigenvalue weighted by atomic mass is 10.2. The van der Waals surface area contributed by atoms with Crippen LogP contribution in [0.4, 0.5) is 0 Å². The maximum absolute atomic E-state index is 10.9. The number of hydrogen-bond donors (Lipinski definition) is 0. The maximum atomic E-state index is 10.9. The second kappa shape index (κ2) is 7.94. The quantitative estimate of drug-likeness (QED) is 0.551. The van der Waals surface area contributed by atoms with Gasteiger partial charge < -0.3 is 14.2 Å². The van der Waals surface area contributed by atoms with Crippen LogP contribution in [0, 0.1) is 0 Å². The highest BCUT2D eigenvalue weighted by atomic mass is 16.5. The second-order valence-corrected chi connectivity index (χ2v) is 4.23. The number of carbonyl (C=O) groups is 1. The molecule has 0 aliphatic carbocycles. The third-order valence-corrected chi connectivity index (χ3v) is 2.79. The molecule has 0 heterocycles. The Morgan fingerprint density at radius 2 is 1.33 bits per heavy atom. The van der Waals surface area contributed by atoms with Crippen molar-refractivity contribution in [3.63, 3.8) is 0 Å². The van der Waals surface area contributed by atoms with Gasteiger partial charge in [-0.15, -0.1) is 0 Å². The second-order valence-electron chi connectivity index (χ2n) is 4.23. The summed E-state index contributed by atoms with van der Waals surface area (Å²) in [5.74, 6) is 1.97. The van der Waals surface area contributed by atoms with Crippen LogP contribution in [-0.4, -0.2) is 26.1 Å². The van der Waals surface area contributed by atoms with Crippen molar-refractivity contribution >= 4 is 6.29 Å². The van der Waals surface area contributed by atoms with Crippen LogP contribution in [-0.2, 0) is 0 Å². The zero-order chi connectivity index (χ0) is 14.9. The van der Waals surface area contributed by atoms with Crippen LogP contribution in [0.3, 0.4) is 0 Å². The first-order valence-corrected chi connectivity index (χ1v) is 6.86. The van der Waals surface area contributed by atoms with E-state index < -0.39 is 0 Å². The van der Waals surface area contributed by atoms with Gasteiger partial charge in [0.1, 0.15) is 19.0 Å². The summed E-state index contributed by atoms with van der Waals surface area (Å²) in [6.07, 6.45) is 0.778. The average molecular weight is 286 g/mol. The molecular weight excluding hydrogens is 268 g/mol. The summed E-state index contributed by atoms with van der Waals surface area (Å²) in [7, 11) is 0.